The summed E-state index contributed by atoms with van der Waals surface area (Å²) in [7, 11) is 1.92. The molecule has 0 radical (unpaired) electrons. The lowest BCUT2D eigenvalue weighted by molar-refractivity contribution is 0.359. The van der Waals surface area contributed by atoms with Crippen LogP contribution in [0.15, 0.2) is 18.2 Å². The van der Waals surface area contributed by atoms with Gasteiger partial charge in [-0.2, -0.15) is 0 Å². The van der Waals surface area contributed by atoms with Gasteiger partial charge in [-0.3, -0.25) is 0 Å². The van der Waals surface area contributed by atoms with E-state index < -0.39 is 0 Å². The van der Waals surface area contributed by atoms with Crippen LogP contribution >= 0.6 is 0 Å². The SMILES string of the molecule is CNC(C)c1cccc(F)c1N1CCCC(C)C1C. The Morgan fingerprint density at radius 2 is 2.11 bits per heavy atom. The zero-order valence-electron chi connectivity index (χ0n) is 12.4. The molecule has 1 heterocycles. The Balaban J connectivity index is 2.42. The molecule has 3 atom stereocenters. The lowest BCUT2D eigenvalue weighted by Crippen LogP contribution is -2.43. The summed E-state index contributed by atoms with van der Waals surface area (Å²) in [6.07, 6.45) is 2.39. The van der Waals surface area contributed by atoms with E-state index in [9.17, 15) is 4.39 Å². The first-order chi connectivity index (χ1) is 9.06. The number of benzene rings is 1. The van der Waals surface area contributed by atoms with Gasteiger partial charge in [0.25, 0.3) is 0 Å². The van der Waals surface area contributed by atoms with E-state index in [4.69, 9.17) is 0 Å². The molecule has 106 valence electrons. The number of piperidine rings is 1. The van der Waals surface area contributed by atoms with E-state index in [1.807, 2.05) is 13.1 Å². The molecule has 1 aliphatic heterocycles. The predicted octanol–water partition coefficient (Wildman–Crippen LogP) is 3.73. The maximum absolute atomic E-state index is 14.4. The molecule has 1 saturated heterocycles. The van der Waals surface area contributed by atoms with Crippen LogP contribution in [0.1, 0.15) is 45.2 Å². The minimum atomic E-state index is -0.0967. The molecule has 0 aromatic heterocycles. The fourth-order valence-electron chi connectivity index (χ4n) is 2.99. The minimum absolute atomic E-state index is 0.0967. The Morgan fingerprint density at radius 3 is 2.79 bits per heavy atom. The molecule has 1 N–H and O–H groups in total. The van der Waals surface area contributed by atoms with Crippen LogP contribution in [0.2, 0.25) is 0 Å². The van der Waals surface area contributed by atoms with Gasteiger partial charge in [-0.25, -0.2) is 4.39 Å². The van der Waals surface area contributed by atoms with Gasteiger partial charge in [0.15, 0.2) is 0 Å². The molecule has 19 heavy (non-hydrogen) atoms. The summed E-state index contributed by atoms with van der Waals surface area (Å²) in [5, 5.41) is 3.22. The molecule has 3 unspecified atom stereocenters. The summed E-state index contributed by atoms with van der Waals surface area (Å²) in [4.78, 5) is 2.26. The Kier molecular flexibility index (Phi) is 4.46. The third-order valence-electron chi connectivity index (χ3n) is 4.58. The van der Waals surface area contributed by atoms with Gasteiger partial charge in [0.1, 0.15) is 5.82 Å². The maximum atomic E-state index is 14.4. The zero-order valence-corrected chi connectivity index (χ0v) is 12.4. The Labute approximate surface area is 116 Å². The van der Waals surface area contributed by atoms with Gasteiger partial charge in [-0.05, 0) is 51.3 Å². The van der Waals surface area contributed by atoms with Crippen LogP contribution in [0.3, 0.4) is 0 Å². The summed E-state index contributed by atoms with van der Waals surface area (Å²) < 4.78 is 14.4. The highest BCUT2D eigenvalue weighted by Gasteiger charge is 2.29. The Morgan fingerprint density at radius 1 is 1.37 bits per heavy atom. The first-order valence-corrected chi connectivity index (χ1v) is 7.28. The van der Waals surface area contributed by atoms with Crippen molar-refractivity contribution in [2.24, 2.45) is 5.92 Å². The largest absolute Gasteiger partial charge is 0.366 e. The van der Waals surface area contributed by atoms with Gasteiger partial charge < -0.3 is 10.2 Å². The van der Waals surface area contributed by atoms with Gasteiger partial charge in [0.2, 0.25) is 0 Å². The van der Waals surface area contributed by atoms with E-state index in [1.165, 1.54) is 6.42 Å². The van der Waals surface area contributed by atoms with Gasteiger partial charge in [0, 0.05) is 18.6 Å². The minimum Gasteiger partial charge on any atom is -0.366 e. The molecule has 0 amide bonds. The average Bonchev–Trinajstić information content (AvgIpc) is 2.41. The molecular formula is C16H25FN2. The third-order valence-corrected chi connectivity index (χ3v) is 4.58. The lowest BCUT2D eigenvalue weighted by atomic mass is 9.90. The second kappa shape index (κ2) is 5.91. The molecule has 0 bridgehead atoms. The van der Waals surface area contributed by atoms with Crippen LogP contribution < -0.4 is 10.2 Å². The summed E-state index contributed by atoms with van der Waals surface area (Å²) in [6, 6.07) is 5.97. The van der Waals surface area contributed by atoms with Gasteiger partial charge in [0.05, 0.1) is 5.69 Å². The van der Waals surface area contributed by atoms with Crippen molar-refractivity contribution in [2.45, 2.75) is 45.7 Å². The number of hydrogen-bond donors (Lipinski definition) is 1. The van der Waals surface area contributed by atoms with Crippen molar-refractivity contribution in [1.29, 1.82) is 0 Å². The number of nitrogens with zero attached hydrogens (tertiary/aromatic N) is 1. The Bertz CT molecular complexity index is 433. The third kappa shape index (κ3) is 2.76. The lowest BCUT2D eigenvalue weighted by Gasteiger charge is -2.41. The number of nitrogens with one attached hydrogen (secondary N) is 1. The normalized spacial score (nSPS) is 25.4. The van der Waals surface area contributed by atoms with Crippen molar-refractivity contribution < 1.29 is 4.39 Å². The molecule has 3 heteroatoms. The highest BCUT2D eigenvalue weighted by Crippen LogP contribution is 2.35. The fourth-order valence-corrected chi connectivity index (χ4v) is 2.99. The molecule has 2 nitrogen and oxygen atoms in total. The summed E-state index contributed by atoms with van der Waals surface area (Å²) in [5.41, 5.74) is 1.85. The van der Waals surface area contributed by atoms with Crippen molar-refractivity contribution in [3.63, 3.8) is 0 Å². The van der Waals surface area contributed by atoms with Crippen LogP contribution in [0.4, 0.5) is 10.1 Å². The highest BCUT2D eigenvalue weighted by atomic mass is 19.1. The molecule has 1 aliphatic rings. The van der Waals surface area contributed by atoms with Crippen LogP contribution in [0.25, 0.3) is 0 Å². The summed E-state index contributed by atoms with van der Waals surface area (Å²) >= 11 is 0. The molecule has 0 saturated carbocycles. The molecule has 0 aliphatic carbocycles. The van der Waals surface area contributed by atoms with Gasteiger partial charge in [-0.1, -0.05) is 19.1 Å². The van der Waals surface area contributed by atoms with Crippen LogP contribution in [0.5, 0.6) is 0 Å². The summed E-state index contributed by atoms with van der Waals surface area (Å²) in [6.45, 7) is 7.51. The van der Waals surface area contributed by atoms with E-state index in [0.717, 1.165) is 24.2 Å². The molecule has 1 fully saturated rings. The average molecular weight is 264 g/mol. The molecular weight excluding hydrogens is 239 g/mol. The molecule has 1 aromatic rings. The van der Waals surface area contributed by atoms with E-state index in [2.05, 4.69) is 31.0 Å². The van der Waals surface area contributed by atoms with E-state index in [0.29, 0.717) is 12.0 Å². The monoisotopic (exact) mass is 264 g/mol. The van der Waals surface area contributed by atoms with Crippen LogP contribution in [0, 0.1) is 11.7 Å². The smallest absolute Gasteiger partial charge is 0.146 e. The van der Waals surface area contributed by atoms with E-state index in [1.54, 1.807) is 12.1 Å². The topological polar surface area (TPSA) is 15.3 Å². The number of rotatable bonds is 3. The van der Waals surface area contributed by atoms with Crippen molar-refractivity contribution in [3.05, 3.63) is 29.6 Å². The summed E-state index contributed by atoms with van der Waals surface area (Å²) in [5.74, 6) is 0.520. The van der Waals surface area contributed by atoms with Crippen molar-refractivity contribution >= 4 is 5.69 Å². The van der Waals surface area contributed by atoms with Gasteiger partial charge in [-0.15, -0.1) is 0 Å². The van der Waals surface area contributed by atoms with Crippen molar-refractivity contribution in [2.75, 3.05) is 18.5 Å². The van der Waals surface area contributed by atoms with E-state index >= 15 is 0 Å². The number of hydrogen-bond acceptors (Lipinski definition) is 2. The quantitative estimate of drug-likeness (QED) is 0.895. The Hall–Kier alpha value is -1.09. The molecule has 2 rings (SSSR count). The van der Waals surface area contributed by atoms with Crippen molar-refractivity contribution in [1.82, 2.24) is 5.32 Å². The van der Waals surface area contributed by atoms with Gasteiger partial charge >= 0.3 is 0 Å². The fraction of sp³-hybridized carbons (Fsp3) is 0.625. The van der Waals surface area contributed by atoms with Crippen molar-refractivity contribution in [3.8, 4) is 0 Å². The highest BCUT2D eigenvalue weighted by molar-refractivity contribution is 5.57. The number of halogens is 1. The number of anilines is 1. The predicted molar refractivity (Wildman–Crippen MR) is 79.1 cm³/mol. The first-order valence-electron chi connectivity index (χ1n) is 7.28. The number of para-hydroxylation sites is 1. The zero-order chi connectivity index (χ0) is 14.0. The standard InChI is InChI=1S/C16H25FN2/c1-11-7-6-10-19(13(11)3)16-14(12(2)18-4)8-5-9-15(16)17/h5,8-9,11-13,18H,6-7,10H2,1-4H3. The second-order valence-corrected chi connectivity index (χ2v) is 5.74. The second-order valence-electron chi connectivity index (χ2n) is 5.74. The first kappa shape index (κ1) is 14.3. The van der Waals surface area contributed by atoms with Crippen LogP contribution in [-0.4, -0.2) is 19.6 Å². The molecule has 1 aromatic carbocycles. The van der Waals surface area contributed by atoms with E-state index in [-0.39, 0.29) is 11.9 Å². The molecule has 0 spiro atoms. The van der Waals surface area contributed by atoms with Crippen LogP contribution in [-0.2, 0) is 0 Å². The maximum Gasteiger partial charge on any atom is 0.146 e.